The van der Waals surface area contributed by atoms with Gasteiger partial charge in [0.25, 0.3) is 5.91 Å². The van der Waals surface area contributed by atoms with Crippen molar-refractivity contribution in [3.8, 4) is 0 Å². The average Bonchev–Trinajstić information content (AvgIpc) is 1.79. The smallest absolute Gasteiger partial charge is 0.329 e. The van der Waals surface area contributed by atoms with Gasteiger partial charge >= 0.3 is 5.97 Å². The van der Waals surface area contributed by atoms with Crippen LogP contribution in [0.5, 0.6) is 0 Å². The van der Waals surface area contributed by atoms with Crippen LogP contribution in [0.25, 0.3) is 0 Å². The maximum absolute atomic E-state index is 15.0. The summed E-state index contributed by atoms with van der Waals surface area (Å²) < 4.78 is 5.96. The minimum Gasteiger partial charge on any atom is -0.458 e. The molecule has 2 saturated heterocycles. The summed E-state index contributed by atoms with van der Waals surface area (Å²) in [5.41, 5.74) is 6.34. The number of carbonyl (C=O) groups excluding carboxylic acids is 14. The molecule has 1 aromatic carbocycles. The minimum atomic E-state index is -1.83. The maximum atomic E-state index is 15.0. The Hall–Kier alpha value is -8.54. The Labute approximate surface area is 620 Å². The zero-order chi connectivity index (χ0) is 79.4. The van der Waals surface area contributed by atoms with Crippen molar-refractivity contribution in [3.05, 3.63) is 47.7 Å². The lowest BCUT2D eigenvalue weighted by molar-refractivity contribution is -0.157. The van der Waals surface area contributed by atoms with E-state index in [1.807, 2.05) is 13.8 Å². The van der Waals surface area contributed by atoms with Crippen molar-refractivity contribution in [2.24, 2.45) is 53.1 Å². The van der Waals surface area contributed by atoms with E-state index in [1.54, 1.807) is 127 Å². The van der Waals surface area contributed by atoms with E-state index in [0.717, 1.165) is 6.42 Å². The minimum absolute atomic E-state index is 0.0355. The first-order chi connectivity index (χ1) is 49.2. The number of amides is 13. The molecule has 0 spiro atoms. The largest absolute Gasteiger partial charge is 0.458 e. The van der Waals surface area contributed by atoms with Gasteiger partial charge in [-0.2, -0.15) is 0 Å². The van der Waals surface area contributed by atoms with Gasteiger partial charge in [0.15, 0.2) is 0 Å². The molecule has 13 amide bonds. The molecule has 30 heteroatoms. The molecular weight excluding hydrogens is 1350 g/mol. The van der Waals surface area contributed by atoms with Gasteiger partial charge in [-0.25, -0.2) is 4.79 Å². The SMILES string of the molecule is C/C=C1\NC(=O)[C@H](Cc2ccccc2)NC(=O)[C@@H](C(C)C)NC(=O)[C@@H](C(C)CC)NC(=O)[C@H](NC(=O)[C@H](NC(=O)[C@H](CCCN)NC(=O)[C@H]2CCCN2C(=O)[C@H](NC(=O)[C@@H](NC(=O)[C@@H](NC(=O)[C@H](NC(=O)CCCC(C)C)C(C)C)[C@@H](C)O)C(C)C)C(C)C)[C@@H](C)CC)[C@@H](C)OC(=O)[C@H](C(C)C)NC1=O. The number of aliphatic hydroxyl groups excluding tert-OH is 1. The topological polar surface area (TPSA) is 442 Å². The van der Waals surface area contributed by atoms with Gasteiger partial charge < -0.3 is 84.3 Å². The van der Waals surface area contributed by atoms with Crippen LogP contribution in [-0.2, 0) is 78.3 Å². The van der Waals surface area contributed by atoms with Gasteiger partial charge in [0.2, 0.25) is 70.9 Å². The molecular formula is C75H124N14O16. The van der Waals surface area contributed by atoms with E-state index in [0.29, 0.717) is 30.7 Å². The summed E-state index contributed by atoms with van der Waals surface area (Å²) in [5.74, 6) is -15.1. The Balaban J connectivity index is 2.00. The van der Waals surface area contributed by atoms with E-state index in [1.165, 1.54) is 31.7 Å². The highest BCUT2D eigenvalue weighted by atomic mass is 16.5. The average molecular weight is 1480 g/mol. The number of ether oxygens (including phenoxy) is 1. The number of nitrogens with one attached hydrogen (secondary N) is 12. The molecule has 2 aliphatic heterocycles. The van der Waals surface area contributed by atoms with E-state index in [9.17, 15) is 62.6 Å². The monoisotopic (exact) mass is 1480 g/mol. The molecule has 590 valence electrons. The van der Waals surface area contributed by atoms with Crippen molar-refractivity contribution in [1.82, 2.24) is 68.7 Å². The van der Waals surface area contributed by atoms with E-state index in [2.05, 4.69) is 63.8 Å². The molecule has 15 N–H and O–H groups in total. The summed E-state index contributed by atoms with van der Waals surface area (Å²) in [6.07, 6.45) is 1.02. The molecule has 0 aliphatic carbocycles. The number of nitrogens with zero attached hydrogens (tertiary/aromatic N) is 1. The highest BCUT2D eigenvalue weighted by Gasteiger charge is 2.44. The molecule has 2 aliphatic rings. The molecule has 0 radical (unpaired) electrons. The molecule has 2 fully saturated rings. The molecule has 3 rings (SSSR count). The van der Waals surface area contributed by atoms with Crippen LogP contribution in [-0.4, -0.2) is 191 Å². The molecule has 105 heavy (non-hydrogen) atoms. The summed E-state index contributed by atoms with van der Waals surface area (Å²) >= 11 is 0. The van der Waals surface area contributed by atoms with Crippen LogP contribution >= 0.6 is 0 Å². The molecule has 16 atom stereocenters. The zero-order valence-electron chi connectivity index (χ0n) is 65.2. The lowest BCUT2D eigenvalue weighted by Crippen LogP contribution is -2.64. The van der Waals surface area contributed by atoms with E-state index < -0.39 is 203 Å². The molecule has 0 saturated carbocycles. The standard InChI is InChI=1S/C75H124N14O16/c1-20-44(16)59(71(100)88-62-47(19)105-75(104)58(43(14)15)84-63(92)49(22-3)77-65(94)51(37-48-30-24-23-25-31-48)79-67(96)55(40(8)9)81-70(99)60(45(17)21-2)86-73(62)102)85-64(93)50(32-27-35-76)78-66(95)52-33-28-36-89(52)74(103)57(42(12)13)83-69(98)56(41(10)11)82-72(101)61(46(18)90)87-68(97)54(39(6)7)80-53(91)34-26-29-38(4)5/h22-25,30-31,38-47,50-52,54-62,90H,20-21,26-29,32-37,76H2,1-19H3,(H,77,94)(H,78,95)(H,79,96)(H,80,91)(H,81,99)(H,82,101)(H,83,98)(H,84,92)(H,85,93)(H,86,102)(H,87,97)(H,88,100)/b49-22-/t44-,45?,46+,47+,50-,51-,52+,54+,55+,56-,57+,58-,59+,60+,61-,62+/m0/s1. The number of carbonyl (C=O) groups is 14. The Kier molecular flexibility index (Phi) is 37.8. The normalized spacial score (nSPS) is 22.6. The molecule has 2 heterocycles. The number of hydrogen-bond donors (Lipinski definition) is 14. The number of cyclic esters (lactones) is 1. The van der Waals surface area contributed by atoms with Gasteiger partial charge in [-0.1, -0.05) is 166 Å². The Bertz CT molecular complexity index is 3160. The van der Waals surface area contributed by atoms with Gasteiger partial charge in [-0.05, 0) is 112 Å². The van der Waals surface area contributed by atoms with Gasteiger partial charge in [0.05, 0.1) is 6.10 Å². The van der Waals surface area contributed by atoms with Gasteiger partial charge in [0.1, 0.15) is 84.3 Å². The zero-order valence-corrected chi connectivity index (χ0v) is 65.2. The van der Waals surface area contributed by atoms with Gasteiger partial charge in [0, 0.05) is 19.4 Å². The highest BCUT2D eigenvalue weighted by Crippen LogP contribution is 2.23. The summed E-state index contributed by atoms with van der Waals surface area (Å²) in [4.78, 5) is 202. The summed E-state index contributed by atoms with van der Waals surface area (Å²) in [7, 11) is 0. The number of nitrogens with two attached hydrogens (primary N) is 1. The van der Waals surface area contributed by atoms with Crippen LogP contribution in [0.4, 0.5) is 0 Å². The first kappa shape index (κ1) is 90.7. The van der Waals surface area contributed by atoms with Crippen LogP contribution in [0, 0.1) is 47.3 Å². The first-order valence-electron chi connectivity index (χ1n) is 37.5. The summed E-state index contributed by atoms with van der Waals surface area (Å²) in [6, 6.07) is -7.67. The fourth-order valence-corrected chi connectivity index (χ4v) is 12.1. The number of likely N-dealkylation sites (tertiary alicyclic amines) is 1. The Morgan fingerprint density at radius 1 is 0.610 bits per heavy atom. The molecule has 0 aromatic heterocycles. The van der Waals surface area contributed by atoms with Crippen molar-refractivity contribution < 1.29 is 77.0 Å². The predicted octanol–water partition coefficient (Wildman–Crippen LogP) is 1.84. The molecule has 0 bridgehead atoms. The van der Waals surface area contributed by atoms with Crippen LogP contribution in [0.3, 0.4) is 0 Å². The Morgan fingerprint density at radius 2 is 1.15 bits per heavy atom. The number of benzene rings is 1. The molecule has 1 aromatic rings. The lowest BCUT2D eigenvalue weighted by atomic mass is 9.95. The number of esters is 1. The molecule has 30 nitrogen and oxygen atoms in total. The second kappa shape index (κ2) is 43.8. The number of hydrogen-bond acceptors (Lipinski definition) is 17. The second-order valence-corrected chi connectivity index (χ2v) is 30.2. The van der Waals surface area contributed by atoms with Gasteiger partial charge in [-0.15, -0.1) is 0 Å². The number of rotatable bonds is 33. The third-order valence-corrected chi connectivity index (χ3v) is 19.3. The summed E-state index contributed by atoms with van der Waals surface area (Å²) in [6.45, 7) is 31.8. The summed E-state index contributed by atoms with van der Waals surface area (Å²) in [5, 5.41) is 43.2. The van der Waals surface area contributed by atoms with Crippen molar-refractivity contribution >= 4 is 82.8 Å². The van der Waals surface area contributed by atoms with Crippen molar-refractivity contribution in [1.29, 1.82) is 0 Å². The van der Waals surface area contributed by atoms with Crippen LogP contribution < -0.4 is 69.5 Å². The van der Waals surface area contributed by atoms with E-state index in [4.69, 9.17) is 10.5 Å². The second-order valence-electron chi connectivity index (χ2n) is 30.2. The van der Waals surface area contributed by atoms with Crippen LogP contribution in [0.2, 0.25) is 0 Å². The lowest BCUT2D eigenvalue weighted by Gasteiger charge is -2.33. The van der Waals surface area contributed by atoms with Crippen molar-refractivity contribution in [2.45, 2.75) is 280 Å². The number of allylic oxidation sites excluding steroid dienone is 1. The van der Waals surface area contributed by atoms with Gasteiger partial charge in [-0.3, -0.25) is 62.3 Å². The van der Waals surface area contributed by atoms with E-state index >= 15 is 9.59 Å². The predicted molar refractivity (Wildman–Crippen MR) is 395 cm³/mol. The van der Waals surface area contributed by atoms with Crippen LogP contribution in [0.1, 0.15) is 195 Å². The Morgan fingerprint density at radius 3 is 1.69 bits per heavy atom. The third kappa shape index (κ3) is 27.7. The quantitative estimate of drug-likeness (QED) is 0.0353. The maximum Gasteiger partial charge on any atom is 0.329 e. The third-order valence-electron chi connectivity index (χ3n) is 19.3. The first-order valence-corrected chi connectivity index (χ1v) is 37.5. The van der Waals surface area contributed by atoms with Crippen LogP contribution in [0.15, 0.2) is 42.1 Å². The fourth-order valence-electron chi connectivity index (χ4n) is 12.1. The number of aliphatic hydroxyl groups is 1. The van der Waals surface area contributed by atoms with Crippen molar-refractivity contribution in [3.63, 3.8) is 0 Å². The molecule has 1 unspecified atom stereocenters. The highest BCUT2D eigenvalue weighted by molar-refractivity contribution is 6.03. The van der Waals surface area contributed by atoms with E-state index in [-0.39, 0.29) is 63.2 Å². The van der Waals surface area contributed by atoms with Crippen molar-refractivity contribution in [2.75, 3.05) is 13.1 Å². The fraction of sp³-hybridized carbons (Fsp3) is 0.707.